The molecule has 3 aliphatic rings. The van der Waals surface area contributed by atoms with Crippen LogP contribution in [0.2, 0.25) is 0 Å². The SMILES string of the molecule is CCOP(=O)(OCC)C(F)(F)[C@H]1[C@H](C(=O)N2C(=O)OC[C@H]2Cc2ccccc2)[C@H]2C=C[C@@H]1C2. The van der Waals surface area contributed by atoms with Crippen LogP contribution in [0.1, 0.15) is 25.8 Å². The minimum absolute atomic E-state index is 0.00638. The zero-order valence-electron chi connectivity index (χ0n) is 18.6. The molecule has 0 aromatic heterocycles. The van der Waals surface area contributed by atoms with Crippen LogP contribution < -0.4 is 0 Å². The Hall–Kier alpha value is -2.09. The van der Waals surface area contributed by atoms with Gasteiger partial charge in [0.15, 0.2) is 0 Å². The van der Waals surface area contributed by atoms with Crippen molar-refractivity contribution >= 4 is 19.6 Å². The molecule has 1 saturated heterocycles. The molecule has 1 saturated carbocycles. The maximum absolute atomic E-state index is 15.8. The van der Waals surface area contributed by atoms with Gasteiger partial charge < -0.3 is 13.8 Å². The van der Waals surface area contributed by atoms with E-state index < -0.39 is 55.0 Å². The van der Waals surface area contributed by atoms with Gasteiger partial charge in [-0.2, -0.15) is 8.78 Å². The number of amides is 2. The third-order valence-electron chi connectivity index (χ3n) is 6.62. The number of allylic oxidation sites excluding steroid dienone is 2. The van der Waals surface area contributed by atoms with Gasteiger partial charge in [0.2, 0.25) is 5.91 Å². The van der Waals surface area contributed by atoms with Gasteiger partial charge in [-0.05, 0) is 44.1 Å². The number of hydrogen-bond donors (Lipinski definition) is 0. The molecule has 180 valence electrons. The van der Waals surface area contributed by atoms with E-state index in [2.05, 4.69) is 0 Å². The molecule has 1 aromatic carbocycles. The molecule has 0 N–H and O–H groups in total. The van der Waals surface area contributed by atoms with Gasteiger partial charge in [-0.25, -0.2) is 9.69 Å². The van der Waals surface area contributed by atoms with Crippen LogP contribution >= 0.6 is 7.60 Å². The quantitative estimate of drug-likeness (QED) is 0.368. The predicted octanol–water partition coefficient (Wildman–Crippen LogP) is 4.87. The Morgan fingerprint density at radius 1 is 1.15 bits per heavy atom. The van der Waals surface area contributed by atoms with Crippen molar-refractivity contribution in [2.24, 2.45) is 23.7 Å². The van der Waals surface area contributed by atoms with E-state index in [-0.39, 0.29) is 19.8 Å². The number of alkyl halides is 2. The second kappa shape index (κ2) is 9.28. The molecule has 0 unspecified atom stereocenters. The molecule has 2 fully saturated rings. The first-order valence-electron chi connectivity index (χ1n) is 11.2. The van der Waals surface area contributed by atoms with Crippen LogP contribution in [0.25, 0.3) is 0 Å². The zero-order chi connectivity index (χ0) is 23.8. The molecule has 2 aliphatic carbocycles. The van der Waals surface area contributed by atoms with Crippen LogP contribution in [0, 0.1) is 23.7 Å². The lowest BCUT2D eigenvalue weighted by atomic mass is 9.81. The molecule has 1 aliphatic heterocycles. The second-order valence-corrected chi connectivity index (χ2v) is 10.7. The summed E-state index contributed by atoms with van der Waals surface area (Å²) in [4.78, 5) is 27.1. The summed E-state index contributed by atoms with van der Waals surface area (Å²) >= 11 is 0. The van der Waals surface area contributed by atoms with Crippen molar-refractivity contribution in [3.8, 4) is 0 Å². The number of rotatable bonds is 9. The average molecular weight is 483 g/mol. The Bertz CT molecular complexity index is 961. The molecular formula is C23H28F2NO6P. The maximum atomic E-state index is 15.8. The lowest BCUT2D eigenvalue weighted by Gasteiger charge is -2.37. The van der Waals surface area contributed by atoms with Crippen molar-refractivity contribution in [3.05, 3.63) is 48.0 Å². The largest absolute Gasteiger partial charge is 0.447 e. The monoisotopic (exact) mass is 483 g/mol. The molecule has 4 rings (SSSR count). The molecule has 10 heteroatoms. The minimum atomic E-state index is -4.85. The molecule has 33 heavy (non-hydrogen) atoms. The number of halogens is 2. The number of hydrogen-bond acceptors (Lipinski definition) is 6. The van der Waals surface area contributed by atoms with Crippen LogP contribution in [-0.2, 0) is 29.6 Å². The predicted molar refractivity (Wildman–Crippen MR) is 116 cm³/mol. The number of carbonyl (C=O) groups is 2. The molecule has 5 atom stereocenters. The van der Waals surface area contributed by atoms with E-state index in [1.54, 1.807) is 12.2 Å². The maximum Gasteiger partial charge on any atom is 0.416 e. The summed E-state index contributed by atoms with van der Waals surface area (Å²) in [6.45, 7) is 2.46. The van der Waals surface area contributed by atoms with E-state index in [1.165, 1.54) is 13.8 Å². The van der Waals surface area contributed by atoms with E-state index in [1.807, 2.05) is 30.3 Å². The first-order valence-corrected chi connectivity index (χ1v) is 12.8. The standard InChI is InChI=1S/C23H28F2NO6P/c1-3-31-33(29,32-4-2)23(24,25)20-17-11-10-16(13-17)19(20)21(27)26-18(14-30-22(26)28)12-15-8-6-5-7-9-15/h5-11,16-20H,3-4,12-14H2,1-2H3/t16-,17+,18+,19+,20+/m0/s1. The van der Waals surface area contributed by atoms with E-state index in [9.17, 15) is 14.2 Å². The van der Waals surface area contributed by atoms with Gasteiger partial charge >= 0.3 is 19.4 Å². The lowest BCUT2D eigenvalue weighted by molar-refractivity contribution is -0.140. The molecule has 2 bridgehead atoms. The molecule has 0 spiro atoms. The Kier molecular flexibility index (Phi) is 6.76. The van der Waals surface area contributed by atoms with Crippen LogP contribution in [0.3, 0.4) is 0 Å². The van der Waals surface area contributed by atoms with Crippen molar-refractivity contribution in [2.45, 2.75) is 38.4 Å². The summed E-state index contributed by atoms with van der Waals surface area (Å²) in [6.07, 6.45) is 3.21. The van der Waals surface area contributed by atoms with Gasteiger partial charge in [-0.15, -0.1) is 0 Å². The van der Waals surface area contributed by atoms with Crippen molar-refractivity contribution < 1.29 is 36.7 Å². The normalized spacial score (nSPS) is 29.0. The summed E-state index contributed by atoms with van der Waals surface area (Å²) in [5.74, 6) is -4.71. The van der Waals surface area contributed by atoms with E-state index in [0.717, 1.165) is 10.5 Å². The van der Waals surface area contributed by atoms with Gasteiger partial charge in [0.25, 0.3) is 0 Å². The Balaban J connectivity index is 1.65. The van der Waals surface area contributed by atoms with Crippen LogP contribution in [0.4, 0.5) is 13.6 Å². The second-order valence-electron chi connectivity index (χ2n) is 8.55. The van der Waals surface area contributed by atoms with E-state index in [0.29, 0.717) is 12.8 Å². The molecule has 1 heterocycles. The number of cyclic esters (lactones) is 1. The fourth-order valence-electron chi connectivity index (χ4n) is 5.29. The van der Waals surface area contributed by atoms with Gasteiger partial charge in [-0.3, -0.25) is 9.36 Å². The number of nitrogens with zero attached hydrogens (tertiary/aromatic N) is 1. The molecular weight excluding hydrogens is 455 g/mol. The van der Waals surface area contributed by atoms with Crippen LogP contribution in [0.5, 0.6) is 0 Å². The summed E-state index contributed by atoms with van der Waals surface area (Å²) in [5.41, 5.74) is -3.01. The van der Waals surface area contributed by atoms with Crippen molar-refractivity contribution in [3.63, 3.8) is 0 Å². The Labute approximate surface area is 191 Å². The average Bonchev–Trinajstić information content (AvgIpc) is 3.49. The highest BCUT2D eigenvalue weighted by Crippen LogP contribution is 2.70. The van der Waals surface area contributed by atoms with E-state index in [4.69, 9.17) is 13.8 Å². The molecule has 0 radical (unpaired) electrons. The number of benzene rings is 1. The Morgan fingerprint density at radius 2 is 1.79 bits per heavy atom. The molecule has 1 aromatic rings. The topological polar surface area (TPSA) is 82.1 Å². The van der Waals surface area contributed by atoms with E-state index >= 15 is 8.78 Å². The molecule has 2 amide bonds. The van der Waals surface area contributed by atoms with Gasteiger partial charge in [0, 0.05) is 0 Å². The fourth-order valence-corrected chi connectivity index (χ4v) is 7.11. The Morgan fingerprint density at radius 3 is 2.42 bits per heavy atom. The number of carbonyl (C=O) groups excluding carboxylic acids is 2. The summed E-state index contributed by atoms with van der Waals surface area (Å²) in [5, 5.41) is 0. The number of imide groups is 1. The number of ether oxygens (including phenoxy) is 1. The summed E-state index contributed by atoms with van der Waals surface area (Å²) in [7, 11) is -4.85. The first-order chi connectivity index (χ1) is 15.7. The third kappa shape index (κ3) is 4.15. The lowest BCUT2D eigenvalue weighted by Crippen LogP contribution is -2.49. The van der Waals surface area contributed by atoms with Crippen molar-refractivity contribution in [1.29, 1.82) is 0 Å². The number of fused-ring (bicyclic) bond motifs is 2. The smallest absolute Gasteiger partial charge is 0.416 e. The van der Waals surface area contributed by atoms with Crippen LogP contribution in [0.15, 0.2) is 42.5 Å². The zero-order valence-corrected chi connectivity index (χ0v) is 19.5. The highest BCUT2D eigenvalue weighted by atomic mass is 31.2. The van der Waals surface area contributed by atoms with Gasteiger partial charge in [0.1, 0.15) is 6.61 Å². The first kappa shape index (κ1) is 24.0. The highest BCUT2D eigenvalue weighted by molar-refractivity contribution is 7.55. The molecule has 7 nitrogen and oxygen atoms in total. The van der Waals surface area contributed by atoms with Crippen LogP contribution in [-0.4, -0.2) is 48.4 Å². The van der Waals surface area contributed by atoms with Gasteiger partial charge in [0.05, 0.1) is 31.1 Å². The van der Waals surface area contributed by atoms with Crippen molar-refractivity contribution in [1.82, 2.24) is 4.90 Å². The third-order valence-corrected chi connectivity index (χ3v) is 8.85. The highest BCUT2D eigenvalue weighted by Gasteiger charge is 2.68. The van der Waals surface area contributed by atoms with Gasteiger partial charge in [-0.1, -0.05) is 42.5 Å². The fraction of sp³-hybridized carbons (Fsp3) is 0.565. The minimum Gasteiger partial charge on any atom is -0.447 e. The van der Waals surface area contributed by atoms with Crippen molar-refractivity contribution in [2.75, 3.05) is 19.8 Å². The summed E-state index contributed by atoms with van der Waals surface area (Å²) < 4.78 is 59.8. The summed E-state index contributed by atoms with van der Waals surface area (Å²) in [6, 6.07) is 8.67.